The highest BCUT2D eigenvalue weighted by Gasteiger charge is 2.26. The van der Waals surface area contributed by atoms with Crippen molar-refractivity contribution in [1.29, 1.82) is 0 Å². The lowest BCUT2D eigenvalue weighted by Gasteiger charge is -2.09. The molecule has 0 aromatic heterocycles. The molecule has 1 fully saturated rings. The molecule has 52 valence electrons. The average Bonchev–Trinajstić information content (AvgIpc) is 2.18. The summed E-state index contributed by atoms with van der Waals surface area (Å²) in [7, 11) is 0. The zero-order valence-electron chi connectivity index (χ0n) is 5.12. The SMILES string of the molecule is C=COC1COCC1O. The fraction of sp³-hybridized carbons (Fsp3) is 0.667. The van der Waals surface area contributed by atoms with Crippen LogP contribution in [0.5, 0.6) is 0 Å². The molecule has 9 heavy (non-hydrogen) atoms. The summed E-state index contributed by atoms with van der Waals surface area (Å²) < 4.78 is 9.80. The number of aliphatic hydroxyl groups excluding tert-OH is 1. The second-order valence-electron chi connectivity index (χ2n) is 1.95. The number of aliphatic hydroxyl groups is 1. The lowest BCUT2D eigenvalue weighted by atomic mass is 10.3. The molecule has 1 aliphatic heterocycles. The van der Waals surface area contributed by atoms with Crippen LogP contribution < -0.4 is 0 Å². The Morgan fingerprint density at radius 1 is 1.67 bits per heavy atom. The molecule has 3 heteroatoms. The minimum Gasteiger partial charge on any atom is -0.493 e. The summed E-state index contributed by atoms with van der Waals surface area (Å²) in [5, 5.41) is 9.02. The van der Waals surface area contributed by atoms with Gasteiger partial charge in [-0.3, -0.25) is 0 Å². The van der Waals surface area contributed by atoms with Crippen LogP contribution in [-0.4, -0.2) is 30.5 Å². The molecule has 0 aromatic carbocycles. The average molecular weight is 130 g/mol. The van der Waals surface area contributed by atoms with Crippen LogP contribution in [0.3, 0.4) is 0 Å². The molecule has 1 N–H and O–H groups in total. The third-order valence-corrected chi connectivity index (χ3v) is 1.27. The van der Waals surface area contributed by atoms with Gasteiger partial charge in [0, 0.05) is 0 Å². The zero-order valence-corrected chi connectivity index (χ0v) is 5.12. The first-order chi connectivity index (χ1) is 4.34. The van der Waals surface area contributed by atoms with E-state index in [9.17, 15) is 0 Å². The first-order valence-electron chi connectivity index (χ1n) is 2.87. The number of hydrogen-bond acceptors (Lipinski definition) is 3. The predicted molar refractivity (Wildman–Crippen MR) is 31.9 cm³/mol. The van der Waals surface area contributed by atoms with Crippen molar-refractivity contribution in [2.75, 3.05) is 13.2 Å². The van der Waals surface area contributed by atoms with Crippen molar-refractivity contribution in [3.05, 3.63) is 12.8 Å². The zero-order chi connectivity index (χ0) is 6.69. The number of rotatable bonds is 2. The van der Waals surface area contributed by atoms with E-state index in [1.807, 2.05) is 0 Å². The Labute approximate surface area is 53.9 Å². The molecule has 0 aliphatic carbocycles. The fourth-order valence-corrected chi connectivity index (χ4v) is 0.777. The van der Waals surface area contributed by atoms with E-state index < -0.39 is 6.10 Å². The van der Waals surface area contributed by atoms with E-state index in [0.29, 0.717) is 13.2 Å². The summed E-state index contributed by atoms with van der Waals surface area (Å²) in [6.07, 6.45) is 0.633. The van der Waals surface area contributed by atoms with Crippen molar-refractivity contribution >= 4 is 0 Å². The summed E-state index contributed by atoms with van der Waals surface area (Å²) in [6.45, 7) is 4.21. The van der Waals surface area contributed by atoms with Crippen molar-refractivity contribution in [2.45, 2.75) is 12.2 Å². The second-order valence-corrected chi connectivity index (χ2v) is 1.95. The van der Waals surface area contributed by atoms with E-state index in [1.54, 1.807) is 0 Å². The van der Waals surface area contributed by atoms with Gasteiger partial charge in [-0.05, 0) is 0 Å². The lowest BCUT2D eigenvalue weighted by Crippen LogP contribution is -2.24. The lowest BCUT2D eigenvalue weighted by molar-refractivity contribution is 0.0447. The molecule has 1 saturated heterocycles. The van der Waals surface area contributed by atoms with Gasteiger partial charge in [0.15, 0.2) is 0 Å². The van der Waals surface area contributed by atoms with Crippen molar-refractivity contribution in [3.63, 3.8) is 0 Å². The summed E-state index contributed by atoms with van der Waals surface area (Å²) in [6, 6.07) is 0. The molecule has 0 aromatic rings. The summed E-state index contributed by atoms with van der Waals surface area (Å²) >= 11 is 0. The third-order valence-electron chi connectivity index (χ3n) is 1.27. The number of hydrogen-bond donors (Lipinski definition) is 1. The van der Waals surface area contributed by atoms with E-state index in [1.165, 1.54) is 6.26 Å². The third kappa shape index (κ3) is 1.43. The summed E-state index contributed by atoms with van der Waals surface area (Å²) in [5.41, 5.74) is 0. The molecule has 1 heterocycles. The van der Waals surface area contributed by atoms with E-state index in [2.05, 4.69) is 6.58 Å². The fourth-order valence-electron chi connectivity index (χ4n) is 0.777. The standard InChI is InChI=1S/C6H10O3/c1-2-9-6-4-8-3-5(6)7/h2,5-7H,1,3-4H2. The van der Waals surface area contributed by atoms with Crippen LogP contribution in [0.15, 0.2) is 12.8 Å². The Kier molecular flexibility index (Phi) is 2.08. The van der Waals surface area contributed by atoms with Gasteiger partial charge in [-0.2, -0.15) is 0 Å². The van der Waals surface area contributed by atoms with Gasteiger partial charge in [-0.25, -0.2) is 0 Å². The van der Waals surface area contributed by atoms with E-state index in [-0.39, 0.29) is 6.10 Å². The Balaban J connectivity index is 2.30. The highest BCUT2D eigenvalue weighted by atomic mass is 16.6. The Morgan fingerprint density at radius 3 is 2.89 bits per heavy atom. The first kappa shape index (κ1) is 6.58. The maximum atomic E-state index is 9.02. The van der Waals surface area contributed by atoms with Crippen LogP contribution in [-0.2, 0) is 9.47 Å². The molecule has 1 rings (SSSR count). The minimum atomic E-state index is -0.483. The van der Waals surface area contributed by atoms with Crippen LogP contribution in [0.4, 0.5) is 0 Å². The van der Waals surface area contributed by atoms with Crippen LogP contribution in [0.25, 0.3) is 0 Å². The Bertz CT molecular complexity index is 102. The van der Waals surface area contributed by atoms with E-state index in [4.69, 9.17) is 14.6 Å². The molecule has 0 saturated carbocycles. The first-order valence-corrected chi connectivity index (χ1v) is 2.87. The smallest absolute Gasteiger partial charge is 0.149 e. The quantitative estimate of drug-likeness (QED) is 0.531. The normalized spacial score (nSPS) is 34.3. The maximum absolute atomic E-state index is 9.02. The van der Waals surface area contributed by atoms with Gasteiger partial charge >= 0.3 is 0 Å². The van der Waals surface area contributed by atoms with E-state index >= 15 is 0 Å². The van der Waals surface area contributed by atoms with Crippen LogP contribution >= 0.6 is 0 Å². The highest BCUT2D eigenvalue weighted by Crippen LogP contribution is 2.08. The van der Waals surface area contributed by atoms with Gasteiger partial charge in [0.25, 0.3) is 0 Å². The molecular weight excluding hydrogens is 120 g/mol. The van der Waals surface area contributed by atoms with Crippen LogP contribution in [0.1, 0.15) is 0 Å². The van der Waals surface area contributed by atoms with Gasteiger partial charge < -0.3 is 14.6 Å². The maximum Gasteiger partial charge on any atom is 0.149 e. The molecule has 2 unspecified atom stereocenters. The molecule has 1 aliphatic rings. The largest absolute Gasteiger partial charge is 0.493 e. The van der Waals surface area contributed by atoms with Crippen LogP contribution in [0, 0.1) is 0 Å². The van der Waals surface area contributed by atoms with Gasteiger partial charge in [-0.1, -0.05) is 6.58 Å². The van der Waals surface area contributed by atoms with Crippen molar-refractivity contribution in [2.24, 2.45) is 0 Å². The topological polar surface area (TPSA) is 38.7 Å². The minimum absolute atomic E-state index is 0.206. The molecule has 3 nitrogen and oxygen atoms in total. The van der Waals surface area contributed by atoms with Crippen molar-refractivity contribution in [1.82, 2.24) is 0 Å². The molecule has 2 atom stereocenters. The van der Waals surface area contributed by atoms with Gasteiger partial charge in [0.2, 0.25) is 0 Å². The molecule has 0 radical (unpaired) electrons. The number of ether oxygens (including phenoxy) is 2. The molecule has 0 spiro atoms. The van der Waals surface area contributed by atoms with Crippen molar-refractivity contribution in [3.8, 4) is 0 Å². The second kappa shape index (κ2) is 2.85. The van der Waals surface area contributed by atoms with Crippen LogP contribution in [0.2, 0.25) is 0 Å². The van der Waals surface area contributed by atoms with Crippen molar-refractivity contribution < 1.29 is 14.6 Å². The van der Waals surface area contributed by atoms with E-state index in [0.717, 1.165) is 0 Å². The Morgan fingerprint density at radius 2 is 2.44 bits per heavy atom. The summed E-state index contributed by atoms with van der Waals surface area (Å²) in [5.74, 6) is 0. The van der Waals surface area contributed by atoms with Gasteiger partial charge in [0.1, 0.15) is 12.2 Å². The molecule has 0 amide bonds. The van der Waals surface area contributed by atoms with Gasteiger partial charge in [0.05, 0.1) is 19.5 Å². The predicted octanol–water partition coefficient (Wildman–Crippen LogP) is -0.0938. The highest BCUT2D eigenvalue weighted by molar-refractivity contribution is 4.76. The summed E-state index contributed by atoms with van der Waals surface area (Å²) in [4.78, 5) is 0. The van der Waals surface area contributed by atoms with Gasteiger partial charge in [-0.15, -0.1) is 0 Å². The molecule has 0 bridgehead atoms. The molecular formula is C6H10O3. The Hall–Kier alpha value is -0.540. The monoisotopic (exact) mass is 130 g/mol.